The standard InChI is InChI=1S/C35H38F6O/c1-2-3-4-5-6-7-24-8-10-25(11-9-24)12-13-26-15-19-30-29(20-26)18-17-28(33(30)38)16-14-27-21-31(36)34(32(37)22-27)42-23-35(39,40)41/h15,17-22,24-25H,2-13,23H2,1H3. The van der Waals surface area contributed by atoms with Crippen molar-refractivity contribution in [3.05, 3.63) is 76.6 Å². The molecule has 1 aliphatic rings. The van der Waals surface area contributed by atoms with Crippen LogP contribution in [0.1, 0.15) is 94.2 Å². The van der Waals surface area contributed by atoms with Crippen molar-refractivity contribution in [3.63, 3.8) is 0 Å². The second-order valence-corrected chi connectivity index (χ2v) is 11.5. The highest BCUT2D eigenvalue weighted by atomic mass is 19.4. The minimum atomic E-state index is -4.74. The van der Waals surface area contributed by atoms with E-state index in [-0.39, 0.29) is 11.1 Å². The summed E-state index contributed by atoms with van der Waals surface area (Å²) in [5, 5.41) is 1.16. The van der Waals surface area contributed by atoms with Gasteiger partial charge in [-0.15, -0.1) is 0 Å². The monoisotopic (exact) mass is 588 g/mol. The predicted octanol–water partition coefficient (Wildman–Crippen LogP) is 10.7. The molecule has 0 radical (unpaired) electrons. The molecule has 0 atom stereocenters. The van der Waals surface area contributed by atoms with E-state index in [9.17, 15) is 22.0 Å². The zero-order chi connectivity index (χ0) is 30.1. The Balaban J connectivity index is 1.33. The van der Waals surface area contributed by atoms with Crippen LogP contribution in [0.3, 0.4) is 0 Å². The van der Waals surface area contributed by atoms with E-state index < -0.39 is 36.0 Å². The maximum Gasteiger partial charge on any atom is 0.422 e. The van der Waals surface area contributed by atoms with Crippen LogP contribution in [0.25, 0.3) is 10.8 Å². The Labute approximate surface area is 244 Å². The molecule has 4 rings (SSSR count). The molecule has 42 heavy (non-hydrogen) atoms. The fourth-order valence-electron chi connectivity index (χ4n) is 5.87. The Kier molecular flexibility index (Phi) is 11.2. The molecule has 1 fully saturated rings. The second-order valence-electron chi connectivity index (χ2n) is 11.5. The van der Waals surface area contributed by atoms with E-state index in [2.05, 4.69) is 23.5 Å². The summed E-state index contributed by atoms with van der Waals surface area (Å²) in [5.74, 6) is 2.39. The first-order valence-electron chi connectivity index (χ1n) is 15.0. The molecule has 0 bridgehead atoms. The molecule has 1 saturated carbocycles. The van der Waals surface area contributed by atoms with Crippen LogP contribution >= 0.6 is 0 Å². The average molecular weight is 589 g/mol. The van der Waals surface area contributed by atoms with Gasteiger partial charge in [0.15, 0.2) is 24.0 Å². The fraction of sp³-hybridized carbons (Fsp3) is 0.486. The molecular weight excluding hydrogens is 550 g/mol. The molecule has 1 nitrogen and oxygen atoms in total. The van der Waals surface area contributed by atoms with Gasteiger partial charge in [0, 0.05) is 10.9 Å². The fourth-order valence-corrected chi connectivity index (χ4v) is 5.87. The van der Waals surface area contributed by atoms with E-state index in [0.29, 0.717) is 5.39 Å². The number of halogens is 6. The quantitative estimate of drug-likeness (QED) is 0.123. The Morgan fingerprint density at radius 1 is 0.786 bits per heavy atom. The van der Waals surface area contributed by atoms with Gasteiger partial charge in [-0.2, -0.15) is 13.2 Å². The third-order valence-electron chi connectivity index (χ3n) is 8.26. The van der Waals surface area contributed by atoms with Crippen LogP contribution in [0.15, 0.2) is 42.5 Å². The van der Waals surface area contributed by atoms with Gasteiger partial charge in [0.1, 0.15) is 5.82 Å². The summed E-state index contributed by atoms with van der Waals surface area (Å²) in [4.78, 5) is 0. The molecule has 0 spiro atoms. The number of fused-ring (bicyclic) bond motifs is 1. The summed E-state index contributed by atoms with van der Waals surface area (Å²) in [6.07, 6.45) is 10.7. The average Bonchev–Trinajstić information content (AvgIpc) is 2.95. The molecule has 0 saturated heterocycles. The molecule has 0 aliphatic heterocycles. The maximum atomic E-state index is 15.2. The van der Waals surface area contributed by atoms with Gasteiger partial charge in [-0.25, -0.2) is 13.2 Å². The first kappa shape index (κ1) is 31.8. The van der Waals surface area contributed by atoms with E-state index in [1.807, 2.05) is 12.1 Å². The van der Waals surface area contributed by atoms with Crippen LogP contribution in [-0.4, -0.2) is 12.8 Å². The van der Waals surface area contributed by atoms with Gasteiger partial charge < -0.3 is 4.74 Å². The number of benzene rings is 3. The molecule has 3 aromatic carbocycles. The molecule has 1 aliphatic carbocycles. The third-order valence-corrected chi connectivity index (χ3v) is 8.26. The molecule has 7 heteroatoms. The zero-order valence-electron chi connectivity index (χ0n) is 24.1. The number of alkyl halides is 3. The number of aryl methyl sites for hydroxylation is 1. The van der Waals surface area contributed by atoms with Crippen molar-refractivity contribution in [3.8, 4) is 17.6 Å². The Hall–Kier alpha value is -3.14. The lowest BCUT2D eigenvalue weighted by molar-refractivity contribution is -0.154. The van der Waals surface area contributed by atoms with Crippen molar-refractivity contribution < 1.29 is 31.1 Å². The highest BCUT2D eigenvalue weighted by molar-refractivity contribution is 5.85. The summed E-state index contributed by atoms with van der Waals surface area (Å²) >= 11 is 0. The van der Waals surface area contributed by atoms with Crippen LogP contribution in [0.5, 0.6) is 5.75 Å². The lowest BCUT2D eigenvalue weighted by Gasteiger charge is -2.28. The molecule has 0 heterocycles. The first-order valence-corrected chi connectivity index (χ1v) is 15.0. The van der Waals surface area contributed by atoms with Gasteiger partial charge in [-0.1, -0.05) is 107 Å². The number of unbranched alkanes of at least 4 members (excludes halogenated alkanes) is 4. The number of hydrogen-bond donors (Lipinski definition) is 0. The molecular formula is C35H38F6O. The molecule has 0 unspecified atom stereocenters. The SMILES string of the molecule is CCCCCCCC1CCC(CCc2ccc3c(F)c(C#Cc4cc(F)c(OCC(F)(F)F)c(F)c4)ccc3c2)CC1. The smallest absolute Gasteiger partial charge is 0.422 e. The van der Waals surface area contributed by atoms with Gasteiger partial charge in [-0.3, -0.25) is 0 Å². The van der Waals surface area contributed by atoms with E-state index in [1.54, 1.807) is 12.1 Å². The largest absolute Gasteiger partial charge is 0.478 e. The van der Waals surface area contributed by atoms with Crippen molar-refractivity contribution in [1.82, 2.24) is 0 Å². The predicted molar refractivity (Wildman–Crippen MR) is 155 cm³/mol. The van der Waals surface area contributed by atoms with Crippen LogP contribution < -0.4 is 4.74 Å². The van der Waals surface area contributed by atoms with Crippen molar-refractivity contribution in [2.45, 2.75) is 90.1 Å². The van der Waals surface area contributed by atoms with Crippen molar-refractivity contribution in [2.75, 3.05) is 6.61 Å². The maximum absolute atomic E-state index is 15.2. The zero-order valence-corrected chi connectivity index (χ0v) is 24.1. The Morgan fingerprint density at radius 2 is 1.45 bits per heavy atom. The van der Waals surface area contributed by atoms with Gasteiger partial charge in [0.25, 0.3) is 0 Å². The minimum Gasteiger partial charge on any atom is -0.478 e. The summed E-state index contributed by atoms with van der Waals surface area (Å²) in [7, 11) is 0. The van der Waals surface area contributed by atoms with Gasteiger partial charge in [-0.05, 0) is 53.8 Å². The highest BCUT2D eigenvalue weighted by Crippen LogP contribution is 2.35. The van der Waals surface area contributed by atoms with Crippen molar-refractivity contribution in [2.24, 2.45) is 11.8 Å². The van der Waals surface area contributed by atoms with E-state index in [1.165, 1.54) is 70.3 Å². The lowest BCUT2D eigenvalue weighted by Crippen LogP contribution is -2.20. The van der Waals surface area contributed by atoms with E-state index in [4.69, 9.17) is 0 Å². The molecule has 0 N–H and O–H groups in total. The minimum absolute atomic E-state index is 0.0515. The highest BCUT2D eigenvalue weighted by Gasteiger charge is 2.30. The van der Waals surface area contributed by atoms with Crippen molar-refractivity contribution in [1.29, 1.82) is 0 Å². The van der Waals surface area contributed by atoms with Gasteiger partial charge in [0.05, 0.1) is 5.56 Å². The number of rotatable bonds is 11. The van der Waals surface area contributed by atoms with Crippen LogP contribution in [0.2, 0.25) is 0 Å². The van der Waals surface area contributed by atoms with Gasteiger partial charge >= 0.3 is 6.18 Å². The molecule has 3 aromatic rings. The summed E-state index contributed by atoms with van der Waals surface area (Å²) in [6, 6.07) is 10.5. The molecule has 0 aromatic heterocycles. The van der Waals surface area contributed by atoms with Crippen LogP contribution in [0, 0.1) is 41.1 Å². The summed E-state index contributed by atoms with van der Waals surface area (Å²) in [6.45, 7) is 0.426. The van der Waals surface area contributed by atoms with Gasteiger partial charge in [0.2, 0.25) is 0 Å². The van der Waals surface area contributed by atoms with Crippen LogP contribution in [-0.2, 0) is 6.42 Å². The normalized spacial score (nSPS) is 17.2. The third kappa shape index (κ3) is 9.18. The van der Waals surface area contributed by atoms with Crippen LogP contribution in [0.4, 0.5) is 26.3 Å². The van der Waals surface area contributed by atoms with E-state index >= 15 is 4.39 Å². The lowest BCUT2D eigenvalue weighted by atomic mass is 9.77. The second kappa shape index (κ2) is 14.8. The topological polar surface area (TPSA) is 9.23 Å². The number of hydrogen-bond acceptors (Lipinski definition) is 1. The number of ether oxygens (including phenoxy) is 1. The van der Waals surface area contributed by atoms with E-state index in [0.717, 1.165) is 47.8 Å². The summed E-state index contributed by atoms with van der Waals surface area (Å²) < 4.78 is 84.7. The Bertz CT molecular complexity index is 1370. The Morgan fingerprint density at radius 3 is 2.12 bits per heavy atom. The van der Waals surface area contributed by atoms with Crippen molar-refractivity contribution >= 4 is 10.8 Å². The summed E-state index contributed by atoms with van der Waals surface area (Å²) in [5.41, 5.74) is 1.06. The first-order chi connectivity index (χ1) is 20.1. The molecule has 226 valence electrons. The molecule has 0 amide bonds.